The van der Waals surface area contributed by atoms with Crippen molar-refractivity contribution in [2.75, 3.05) is 0 Å². The van der Waals surface area contributed by atoms with E-state index in [0.29, 0.717) is 23.0 Å². The van der Waals surface area contributed by atoms with Gasteiger partial charge in [-0.15, -0.1) is 0 Å². The zero-order valence-electron chi connectivity index (χ0n) is 16.8. The highest BCUT2D eigenvalue weighted by Crippen LogP contribution is 2.21. The maximum Gasteiger partial charge on any atom is 0.338 e. The Balaban J connectivity index is 1.79. The number of hydrogen-bond acceptors (Lipinski definition) is 5. The Morgan fingerprint density at radius 2 is 1.76 bits per heavy atom. The largest absolute Gasteiger partial charge is 0.459 e. The molecular weight excluding hydrogens is 384 g/mol. The molecule has 0 spiro atoms. The molecule has 3 aromatic rings. The van der Waals surface area contributed by atoms with Gasteiger partial charge >= 0.3 is 5.97 Å². The number of carbonyl (C=O) groups is 1. The van der Waals surface area contributed by atoms with Crippen molar-refractivity contribution in [1.82, 2.24) is 9.55 Å². The molecule has 5 nitrogen and oxygen atoms in total. The predicted molar refractivity (Wildman–Crippen MR) is 115 cm³/mol. The van der Waals surface area contributed by atoms with E-state index in [0.717, 1.165) is 11.3 Å². The van der Waals surface area contributed by atoms with Crippen molar-refractivity contribution in [3.8, 4) is 0 Å². The van der Waals surface area contributed by atoms with Crippen LogP contribution in [0.2, 0.25) is 0 Å². The minimum atomic E-state index is -0.347. The van der Waals surface area contributed by atoms with E-state index in [9.17, 15) is 9.59 Å². The van der Waals surface area contributed by atoms with Gasteiger partial charge in [0.05, 0.1) is 18.2 Å². The number of benzene rings is 2. The van der Waals surface area contributed by atoms with Crippen molar-refractivity contribution in [2.24, 2.45) is 0 Å². The van der Waals surface area contributed by atoms with E-state index >= 15 is 0 Å². The van der Waals surface area contributed by atoms with Crippen LogP contribution in [0.1, 0.15) is 41.0 Å². The molecule has 0 aliphatic rings. The second-order valence-electron chi connectivity index (χ2n) is 7.03. The van der Waals surface area contributed by atoms with E-state index in [1.165, 1.54) is 5.56 Å². The van der Waals surface area contributed by atoms with E-state index in [1.54, 1.807) is 34.5 Å². The maximum absolute atomic E-state index is 12.6. The number of ether oxygens (including phenoxy) is 1. The van der Waals surface area contributed by atoms with Crippen molar-refractivity contribution in [1.29, 1.82) is 0 Å². The molecule has 0 aliphatic carbocycles. The van der Waals surface area contributed by atoms with Crippen LogP contribution in [0, 0.1) is 6.92 Å². The van der Waals surface area contributed by atoms with Gasteiger partial charge in [-0.05, 0) is 44.0 Å². The number of esters is 1. The van der Waals surface area contributed by atoms with Gasteiger partial charge in [0.2, 0.25) is 0 Å². The fourth-order valence-corrected chi connectivity index (χ4v) is 3.79. The van der Waals surface area contributed by atoms with Crippen LogP contribution in [-0.4, -0.2) is 21.6 Å². The number of thioether (sulfide) groups is 1. The molecule has 2 aromatic carbocycles. The molecule has 6 heteroatoms. The Hall–Kier alpha value is -2.86. The summed E-state index contributed by atoms with van der Waals surface area (Å²) in [5.41, 5.74) is 3.20. The standard InChI is InChI=1S/C23H24N2O3S/c1-16(2)28-22(27)20-11-9-18(10-12-20)14-25-21(26)13-17(3)24-23(25)29-15-19-7-5-4-6-8-19/h4-13,16H,14-15H2,1-3H3. The smallest absolute Gasteiger partial charge is 0.338 e. The normalized spacial score (nSPS) is 10.9. The molecule has 0 fully saturated rings. The zero-order chi connectivity index (χ0) is 20.8. The summed E-state index contributed by atoms with van der Waals surface area (Å²) in [6, 6.07) is 18.8. The summed E-state index contributed by atoms with van der Waals surface area (Å²) < 4.78 is 6.88. The quantitative estimate of drug-likeness (QED) is 0.328. The first-order valence-corrected chi connectivity index (χ1v) is 10.5. The van der Waals surface area contributed by atoms with Crippen LogP contribution in [0.4, 0.5) is 0 Å². The first-order chi connectivity index (χ1) is 13.9. The summed E-state index contributed by atoms with van der Waals surface area (Å²) in [6.07, 6.45) is -0.163. The number of rotatable bonds is 7. The third-order valence-electron chi connectivity index (χ3n) is 4.19. The van der Waals surface area contributed by atoms with Gasteiger partial charge in [-0.25, -0.2) is 9.78 Å². The third kappa shape index (κ3) is 5.81. The molecule has 1 aromatic heterocycles. The number of nitrogens with zero attached hydrogens (tertiary/aromatic N) is 2. The van der Waals surface area contributed by atoms with Gasteiger partial charge in [-0.1, -0.05) is 54.2 Å². The van der Waals surface area contributed by atoms with Gasteiger partial charge in [0.1, 0.15) is 0 Å². The third-order valence-corrected chi connectivity index (χ3v) is 5.23. The Labute approximate surface area is 174 Å². The fourth-order valence-electron chi connectivity index (χ4n) is 2.78. The first-order valence-electron chi connectivity index (χ1n) is 9.47. The predicted octanol–water partition coefficient (Wildman–Crippen LogP) is 4.46. The second kappa shape index (κ2) is 9.56. The highest BCUT2D eigenvalue weighted by Gasteiger charge is 2.12. The lowest BCUT2D eigenvalue weighted by Gasteiger charge is -2.13. The van der Waals surface area contributed by atoms with E-state index in [2.05, 4.69) is 17.1 Å². The molecule has 0 bridgehead atoms. The second-order valence-corrected chi connectivity index (χ2v) is 7.97. The summed E-state index contributed by atoms with van der Waals surface area (Å²) in [5.74, 6) is 0.385. The molecule has 0 amide bonds. The molecule has 150 valence electrons. The fraction of sp³-hybridized carbons (Fsp3) is 0.261. The van der Waals surface area contributed by atoms with Gasteiger partial charge in [0.25, 0.3) is 5.56 Å². The average molecular weight is 409 g/mol. The lowest BCUT2D eigenvalue weighted by molar-refractivity contribution is 0.0378. The summed E-state index contributed by atoms with van der Waals surface area (Å²) in [6.45, 7) is 5.85. The topological polar surface area (TPSA) is 61.2 Å². The van der Waals surface area contributed by atoms with Crippen LogP contribution < -0.4 is 5.56 Å². The van der Waals surface area contributed by atoms with Gasteiger partial charge < -0.3 is 4.74 Å². The molecular formula is C23H24N2O3S. The van der Waals surface area contributed by atoms with Gasteiger partial charge in [0, 0.05) is 17.5 Å². The van der Waals surface area contributed by atoms with Gasteiger partial charge in [-0.2, -0.15) is 0 Å². The molecule has 0 atom stereocenters. The van der Waals surface area contributed by atoms with Crippen molar-refractivity contribution < 1.29 is 9.53 Å². The number of carbonyl (C=O) groups excluding carboxylic acids is 1. The number of hydrogen-bond donors (Lipinski definition) is 0. The van der Waals surface area contributed by atoms with Crippen LogP contribution in [0.5, 0.6) is 0 Å². The molecule has 3 rings (SSSR count). The Morgan fingerprint density at radius 3 is 2.41 bits per heavy atom. The van der Waals surface area contributed by atoms with Crippen LogP contribution in [-0.2, 0) is 17.0 Å². The molecule has 29 heavy (non-hydrogen) atoms. The summed E-state index contributed by atoms with van der Waals surface area (Å²) in [7, 11) is 0. The highest BCUT2D eigenvalue weighted by molar-refractivity contribution is 7.98. The van der Waals surface area contributed by atoms with Crippen molar-refractivity contribution in [2.45, 2.75) is 44.3 Å². The Morgan fingerprint density at radius 1 is 1.07 bits per heavy atom. The van der Waals surface area contributed by atoms with E-state index in [4.69, 9.17) is 4.74 Å². The highest BCUT2D eigenvalue weighted by atomic mass is 32.2. The Kier molecular flexibility index (Phi) is 6.88. The minimum absolute atomic E-state index is 0.0867. The first kappa shape index (κ1) is 20.9. The summed E-state index contributed by atoms with van der Waals surface area (Å²) in [5, 5.41) is 0.683. The Bertz CT molecular complexity index is 1030. The van der Waals surface area contributed by atoms with Crippen molar-refractivity contribution in [3.63, 3.8) is 0 Å². The van der Waals surface area contributed by atoms with Crippen LogP contribution in [0.3, 0.4) is 0 Å². The molecule has 1 heterocycles. The average Bonchev–Trinajstić information content (AvgIpc) is 2.69. The van der Waals surface area contributed by atoms with Gasteiger partial charge in [-0.3, -0.25) is 9.36 Å². The van der Waals surface area contributed by atoms with E-state index in [1.807, 2.05) is 51.1 Å². The molecule has 0 saturated heterocycles. The summed E-state index contributed by atoms with van der Waals surface area (Å²) >= 11 is 1.54. The SMILES string of the molecule is Cc1cc(=O)n(Cc2ccc(C(=O)OC(C)C)cc2)c(SCc2ccccc2)n1. The zero-order valence-corrected chi connectivity index (χ0v) is 17.6. The van der Waals surface area contributed by atoms with Crippen molar-refractivity contribution >= 4 is 17.7 Å². The number of aryl methyl sites for hydroxylation is 1. The van der Waals surface area contributed by atoms with E-state index < -0.39 is 0 Å². The van der Waals surface area contributed by atoms with E-state index in [-0.39, 0.29) is 17.6 Å². The van der Waals surface area contributed by atoms with Crippen LogP contribution in [0.15, 0.2) is 70.6 Å². The maximum atomic E-state index is 12.6. The van der Waals surface area contributed by atoms with Crippen LogP contribution in [0.25, 0.3) is 0 Å². The molecule has 0 unspecified atom stereocenters. The molecule has 0 N–H and O–H groups in total. The lowest BCUT2D eigenvalue weighted by atomic mass is 10.1. The molecule has 0 radical (unpaired) electrons. The van der Waals surface area contributed by atoms with Crippen LogP contribution >= 0.6 is 11.8 Å². The summed E-state index contributed by atoms with van der Waals surface area (Å²) in [4.78, 5) is 29.2. The van der Waals surface area contributed by atoms with Gasteiger partial charge in [0.15, 0.2) is 5.16 Å². The molecule has 0 saturated carbocycles. The molecule has 0 aliphatic heterocycles. The van der Waals surface area contributed by atoms with Crippen molar-refractivity contribution in [3.05, 3.63) is 93.4 Å². The lowest BCUT2D eigenvalue weighted by Crippen LogP contribution is -2.23. The monoisotopic (exact) mass is 408 g/mol. The minimum Gasteiger partial charge on any atom is -0.459 e. The number of aromatic nitrogens is 2.